The van der Waals surface area contributed by atoms with Crippen LogP contribution in [0.15, 0.2) is 6.07 Å². The zero-order chi connectivity index (χ0) is 12.8. The number of aromatic nitrogens is 2. The zero-order valence-corrected chi connectivity index (χ0v) is 10.1. The molecule has 0 saturated carbocycles. The standard InChI is InChI=1S/C10H16N4O3/c1-6(4-7(11)15)12-10-13-8(16-2)5-9(14-10)17-3/h5-6H,4H2,1-3H3,(H2,11,15)(H,12,13,14). The Labute approximate surface area is 99.3 Å². The summed E-state index contributed by atoms with van der Waals surface area (Å²) in [5, 5.41) is 2.94. The maximum atomic E-state index is 10.7. The van der Waals surface area contributed by atoms with Crippen LogP contribution in [0.2, 0.25) is 0 Å². The number of ether oxygens (including phenoxy) is 2. The number of carbonyl (C=O) groups excluding carboxylic acids is 1. The van der Waals surface area contributed by atoms with Gasteiger partial charge in [-0.05, 0) is 6.92 Å². The van der Waals surface area contributed by atoms with E-state index in [9.17, 15) is 4.79 Å². The molecule has 0 aliphatic carbocycles. The van der Waals surface area contributed by atoms with Crippen LogP contribution >= 0.6 is 0 Å². The summed E-state index contributed by atoms with van der Waals surface area (Å²) >= 11 is 0. The summed E-state index contributed by atoms with van der Waals surface area (Å²) in [5.74, 6) is 0.700. The first kappa shape index (κ1) is 13.0. The molecule has 3 N–H and O–H groups in total. The molecule has 1 unspecified atom stereocenters. The van der Waals surface area contributed by atoms with Gasteiger partial charge in [-0.2, -0.15) is 9.97 Å². The van der Waals surface area contributed by atoms with Crippen LogP contribution in [0.4, 0.5) is 5.95 Å². The molecule has 1 amide bonds. The van der Waals surface area contributed by atoms with Crippen LogP contribution in [0.1, 0.15) is 13.3 Å². The summed E-state index contributed by atoms with van der Waals surface area (Å²) in [4.78, 5) is 18.9. The fourth-order valence-corrected chi connectivity index (χ4v) is 1.25. The lowest BCUT2D eigenvalue weighted by molar-refractivity contribution is -0.118. The third-order valence-electron chi connectivity index (χ3n) is 1.98. The van der Waals surface area contributed by atoms with Gasteiger partial charge in [-0.1, -0.05) is 0 Å². The van der Waals surface area contributed by atoms with E-state index in [-0.39, 0.29) is 18.4 Å². The van der Waals surface area contributed by atoms with Crippen LogP contribution < -0.4 is 20.5 Å². The van der Waals surface area contributed by atoms with Crippen molar-refractivity contribution in [3.63, 3.8) is 0 Å². The highest BCUT2D eigenvalue weighted by Crippen LogP contribution is 2.17. The molecule has 7 nitrogen and oxygen atoms in total. The number of methoxy groups -OCH3 is 2. The van der Waals surface area contributed by atoms with Crippen LogP contribution in [-0.4, -0.2) is 36.1 Å². The summed E-state index contributed by atoms with van der Waals surface area (Å²) in [7, 11) is 3.00. The van der Waals surface area contributed by atoms with Gasteiger partial charge in [0.1, 0.15) is 0 Å². The zero-order valence-electron chi connectivity index (χ0n) is 10.1. The van der Waals surface area contributed by atoms with Crippen LogP contribution in [0.5, 0.6) is 11.8 Å². The van der Waals surface area contributed by atoms with Crippen LogP contribution in [0, 0.1) is 0 Å². The molecule has 0 aliphatic rings. The second kappa shape index (κ2) is 5.88. The van der Waals surface area contributed by atoms with Gasteiger partial charge in [0.25, 0.3) is 0 Å². The van der Waals surface area contributed by atoms with E-state index in [2.05, 4.69) is 15.3 Å². The SMILES string of the molecule is COc1cc(OC)nc(NC(C)CC(N)=O)n1. The quantitative estimate of drug-likeness (QED) is 0.735. The summed E-state index contributed by atoms with van der Waals surface area (Å²) in [6.07, 6.45) is 0.197. The smallest absolute Gasteiger partial charge is 0.229 e. The van der Waals surface area contributed by atoms with Crippen molar-refractivity contribution in [1.29, 1.82) is 0 Å². The van der Waals surface area contributed by atoms with Gasteiger partial charge >= 0.3 is 0 Å². The molecule has 0 saturated heterocycles. The number of nitrogens with one attached hydrogen (secondary N) is 1. The molecule has 17 heavy (non-hydrogen) atoms. The van der Waals surface area contributed by atoms with E-state index in [0.29, 0.717) is 17.7 Å². The van der Waals surface area contributed by atoms with Crippen molar-refractivity contribution in [2.24, 2.45) is 5.73 Å². The number of hydrogen-bond acceptors (Lipinski definition) is 6. The number of anilines is 1. The molecule has 1 aromatic rings. The monoisotopic (exact) mass is 240 g/mol. The molecule has 0 fully saturated rings. The number of nitrogens with two attached hydrogens (primary N) is 1. The normalized spacial score (nSPS) is 11.7. The third kappa shape index (κ3) is 4.13. The average molecular weight is 240 g/mol. The van der Waals surface area contributed by atoms with Crippen LogP contribution in [0.3, 0.4) is 0 Å². The van der Waals surface area contributed by atoms with Crippen molar-refractivity contribution in [1.82, 2.24) is 9.97 Å². The maximum Gasteiger partial charge on any atom is 0.229 e. The van der Waals surface area contributed by atoms with E-state index >= 15 is 0 Å². The molecule has 0 aromatic carbocycles. The minimum atomic E-state index is -0.389. The fraction of sp³-hybridized carbons (Fsp3) is 0.500. The lowest BCUT2D eigenvalue weighted by Crippen LogP contribution is -2.25. The molecular weight excluding hydrogens is 224 g/mol. The summed E-state index contributed by atoms with van der Waals surface area (Å²) in [6.45, 7) is 1.81. The maximum absolute atomic E-state index is 10.7. The number of amides is 1. The Bertz CT molecular complexity index is 375. The minimum Gasteiger partial charge on any atom is -0.481 e. The van der Waals surface area contributed by atoms with Crippen molar-refractivity contribution >= 4 is 11.9 Å². The molecule has 1 rings (SSSR count). The highest BCUT2D eigenvalue weighted by molar-refractivity contribution is 5.74. The van der Waals surface area contributed by atoms with Gasteiger partial charge in [0, 0.05) is 12.5 Å². The van der Waals surface area contributed by atoms with E-state index in [1.165, 1.54) is 14.2 Å². The van der Waals surface area contributed by atoms with Crippen LogP contribution in [-0.2, 0) is 4.79 Å². The molecule has 0 radical (unpaired) electrons. The Hall–Kier alpha value is -2.05. The topological polar surface area (TPSA) is 99.4 Å². The second-order valence-corrected chi connectivity index (χ2v) is 3.49. The molecular formula is C10H16N4O3. The first-order valence-corrected chi connectivity index (χ1v) is 5.07. The van der Waals surface area contributed by atoms with E-state index in [4.69, 9.17) is 15.2 Å². The molecule has 0 spiro atoms. The lowest BCUT2D eigenvalue weighted by Gasteiger charge is -2.13. The van der Waals surface area contributed by atoms with Gasteiger partial charge in [0.05, 0.1) is 20.3 Å². The van der Waals surface area contributed by atoms with Crippen molar-refractivity contribution in [2.75, 3.05) is 19.5 Å². The third-order valence-corrected chi connectivity index (χ3v) is 1.98. The van der Waals surface area contributed by atoms with Gasteiger partial charge in [0.2, 0.25) is 23.6 Å². The van der Waals surface area contributed by atoms with Gasteiger partial charge in [-0.3, -0.25) is 4.79 Å². The number of carbonyl (C=O) groups is 1. The Morgan fingerprint density at radius 1 is 1.41 bits per heavy atom. The van der Waals surface area contributed by atoms with Crippen molar-refractivity contribution in [3.05, 3.63) is 6.07 Å². The molecule has 1 atom stereocenters. The Morgan fingerprint density at radius 2 is 1.94 bits per heavy atom. The van der Waals surface area contributed by atoms with Gasteiger partial charge < -0.3 is 20.5 Å². The number of hydrogen-bond donors (Lipinski definition) is 2. The number of primary amides is 1. The van der Waals surface area contributed by atoms with Crippen molar-refractivity contribution in [3.8, 4) is 11.8 Å². The van der Waals surface area contributed by atoms with E-state index in [1.807, 2.05) is 0 Å². The van der Waals surface area contributed by atoms with Gasteiger partial charge in [-0.25, -0.2) is 0 Å². The molecule has 0 bridgehead atoms. The Balaban J connectivity index is 2.79. The van der Waals surface area contributed by atoms with Gasteiger partial charge in [0.15, 0.2) is 0 Å². The predicted molar refractivity (Wildman–Crippen MR) is 62.0 cm³/mol. The lowest BCUT2D eigenvalue weighted by atomic mass is 10.2. The van der Waals surface area contributed by atoms with E-state index < -0.39 is 0 Å². The molecule has 1 heterocycles. The highest BCUT2D eigenvalue weighted by Gasteiger charge is 2.10. The van der Waals surface area contributed by atoms with Crippen molar-refractivity contribution < 1.29 is 14.3 Å². The van der Waals surface area contributed by atoms with Crippen LogP contribution in [0.25, 0.3) is 0 Å². The second-order valence-electron chi connectivity index (χ2n) is 3.49. The first-order chi connectivity index (χ1) is 8.05. The Kier molecular flexibility index (Phi) is 4.50. The minimum absolute atomic E-state index is 0.163. The fourth-order valence-electron chi connectivity index (χ4n) is 1.25. The molecule has 94 valence electrons. The first-order valence-electron chi connectivity index (χ1n) is 5.07. The Morgan fingerprint density at radius 3 is 2.35 bits per heavy atom. The number of rotatable bonds is 6. The largest absolute Gasteiger partial charge is 0.481 e. The number of nitrogens with zero attached hydrogens (tertiary/aromatic N) is 2. The van der Waals surface area contributed by atoms with E-state index in [0.717, 1.165) is 0 Å². The highest BCUT2D eigenvalue weighted by atomic mass is 16.5. The van der Waals surface area contributed by atoms with E-state index in [1.54, 1.807) is 13.0 Å². The predicted octanol–water partition coefficient (Wildman–Crippen LogP) is 0.170. The summed E-state index contributed by atoms with van der Waals surface area (Å²) < 4.78 is 9.99. The summed E-state index contributed by atoms with van der Waals surface area (Å²) in [6, 6.07) is 1.40. The molecule has 0 aliphatic heterocycles. The summed E-state index contributed by atoms with van der Waals surface area (Å²) in [5.41, 5.74) is 5.09. The van der Waals surface area contributed by atoms with Gasteiger partial charge in [-0.15, -0.1) is 0 Å². The molecule has 7 heteroatoms. The molecule has 1 aromatic heterocycles. The average Bonchev–Trinajstić information content (AvgIpc) is 2.27. The van der Waals surface area contributed by atoms with Crippen molar-refractivity contribution in [2.45, 2.75) is 19.4 Å².